The predicted octanol–water partition coefficient (Wildman–Crippen LogP) is 4.73. The number of ether oxygens (including phenoxy) is 2. The number of nitrogens with one attached hydrogen (secondary N) is 1. The van der Waals surface area contributed by atoms with E-state index in [4.69, 9.17) is 13.9 Å². The third-order valence-electron chi connectivity index (χ3n) is 4.97. The predicted molar refractivity (Wildman–Crippen MR) is 122 cm³/mol. The van der Waals surface area contributed by atoms with E-state index in [9.17, 15) is 4.79 Å². The summed E-state index contributed by atoms with van der Waals surface area (Å²) >= 11 is 1.32. The second kappa shape index (κ2) is 8.43. The number of carbonyl (C=O) groups excluding carboxylic acids is 1. The van der Waals surface area contributed by atoms with Gasteiger partial charge >= 0.3 is 0 Å². The van der Waals surface area contributed by atoms with Crippen LogP contribution in [0.15, 0.2) is 70.8 Å². The van der Waals surface area contributed by atoms with Gasteiger partial charge in [-0.05, 0) is 31.2 Å². The smallest absolute Gasteiger partial charge is 0.237 e. The Morgan fingerprint density at radius 3 is 2.91 bits per heavy atom. The summed E-state index contributed by atoms with van der Waals surface area (Å²) in [4.78, 5) is 12.8. The zero-order valence-corrected chi connectivity index (χ0v) is 18.1. The van der Waals surface area contributed by atoms with E-state index in [1.165, 1.54) is 11.8 Å². The van der Waals surface area contributed by atoms with Crippen LogP contribution in [0.4, 0.5) is 5.69 Å². The summed E-state index contributed by atoms with van der Waals surface area (Å²) in [6, 6.07) is 15.0. The Labute approximate surface area is 188 Å². The van der Waals surface area contributed by atoms with E-state index >= 15 is 0 Å². The van der Waals surface area contributed by atoms with Crippen LogP contribution < -0.4 is 14.8 Å². The highest BCUT2D eigenvalue weighted by molar-refractivity contribution is 8.00. The lowest BCUT2D eigenvalue weighted by Gasteiger charge is -2.13. The number of para-hydroxylation sites is 1. The molecule has 0 spiro atoms. The van der Waals surface area contributed by atoms with E-state index in [1.54, 1.807) is 24.3 Å². The largest absolute Gasteiger partial charge is 0.454 e. The summed E-state index contributed by atoms with van der Waals surface area (Å²) in [5.74, 6) is 2.33. The molecule has 0 aliphatic carbocycles. The molecule has 2 aromatic carbocycles. The fraction of sp³-hybridized carbons (Fsp3) is 0.174. The molecule has 1 atom stereocenters. The van der Waals surface area contributed by atoms with Crippen molar-refractivity contribution in [2.24, 2.45) is 0 Å². The van der Waals surface area contributed by atoms with Crippen LogP contribution in [0.25, 0.3) is 22.6 Å². The molecular weight excluding hydrogens is 428 g/mol. The van der Waals surface area contributed by atoms with Crippen LogP contribution >= 0.6 is 11.8 Å². The maximum Gasteiger partial charge on any atom is 0.237 e. The summed E-state index contributed by atoms with van der Waals surface area (Å²) in [5, 5.41) is 12.7. The summed E-state index contributed by atoms with van der Waals surface area (Å²) in [6.45, 7) is 6.33. The van der Waals surface area contributed by atoms with Crippen LogP contribution in [-0.2, 0) is 11.3 Å². The van der Waals surface area contributed by atoms with Gasteiger partial charge in [0.05, 0.1) is 5.25 Å². The highest BCUT2D eigenvalue weighted by Crippen LogP contribution is 2.35. The average Bonchev–Trinajstić information content (AvgIpc) is 3.52. The van der Waals surface area contributed by atoms with Gasteiger partial charge in [0.2, 0.25) is 18.5 Å². The molecule has 0 saturated heterocycles. The highest BCUT2D eigenvalue weighted by Gasteiger charge is 2.23. The number of aromatic nitrogens is 3. The van der Waals surface area contributed by atoms with Crippen molar-refractivity contribution in [1.29, 1.82) is 0 Å². The second-order valence-corrected chi connectivity index (χ2v) is 8.48. The van der Waals surface area contributed by atoms with E-state index < -0.39 is 5.25 Å². The van der Waals surface area contributed by atoms with Gasteiger partial charge in [0, 0.05) is 23.7 Å². The summed E-state index contributed by atoms with van der Waals surface area (Å²) in [7, 11) is 0. The molecule has 0 fully saturated rings. The van der Waals surface area contributed by atoms with Gasteiger partial charge in [-0.1, -0.05) is 36.0 Å². The van der Waals surface area contributed by atoms with Crippen LogP contribution in [0.1, 0.15) is 6.92 Å². The van der Waals surface area contributed by atoms with Gasteiger partial charge in [0.25, 0.3) is 0 Å². The lowest BCUT2D eigenvalue weighted by atomic mass is 10.2. The first kappa shape index (κ1) is 20.2. The molecule has 8 nitrogen and oxygen atoms in total. The first-order chi connectivity index (χ1) is 15.6. The zero-order valence-electron chi connectivity index (χ0n) is 17.3. The third-order valence-corrected chi connectivity index (χ3v) is 6.05. The zero-order chi connectivity index (χ0) is 22.1. The average molecular weight is 449 g/mol. The molecule has 32 heavy (non-hydrogen) atoms. The quantitative estimate of drug-likeness (QED) is 0.323. The lowest BCUT2D eigenvalue weighted by Crippen LogP contribution is -2.23. The maximum atomic E-state index is 12.8. The minimum absolute atomic E-state index is 0.160. The molecule has 5 rings (SSSR count). The third kappa shape index (κ3) is 3.82. The molecule has 0 radical (unpaired) electrons. The highest BCUT2D eigenvalue weighted by atomic mass is 32.2. The van der Waals surface area contributed by atoms with Gasteiger partial charge in [-0.25, -0.2) is 0 Å². The minimum Gasteiger partial charge on any atom is -0.454 e. The van der Waals surface area contributed by atoms with Crippen molar-refractivity contribution >= 4 is 34.3 Å². The Bertz CT molecular complexity index is 1280. The number of amides is 1. The SMILES string of the molecule is C=CCn1c(SC(C)C(=O)Nc2ccc3c(c2)OCO3)nnc1-c1cc2ccccc2o1. The van der Waals surface area contributed by atoms with Crippen LogP contribution in [0.3, 0.4) is 0 Å². The first-order valence-electron chi connectivity index (χ1n) is 10.0. The molecule has 1 aliphatic heterocycles. The van der Waals surface area contributed by atoms with E-state index in [0.29, 0.717) is 40.5 Å². The normalized spacial score (nSPS) is 13.3. The molecule has 2 aromatic heterocycles. The molecule has 1 amide bonds. The minimum atomic E-state index is -0.420. The van der Waals surface area contributed by atoms with E-state index in [1.807, 2.05) is 41.8 Å². The monoisotopic (exact) mass is 448 g/mol. The summed E-state index contributed by atoms with van der Waals surface area (Å²) in [5.41, 5.74) is 1.42. The van der Waals surface area contributed by atoms with Gasteiger partial charge in [-0.15, -0.1) is 16.8 Å². The van der Waals surface area contributed by atoms with Gasteiger partial charge in [0.15, 0.2) is 22.4 Å². The van der Waals surface area contributed by atoms with Gasteiger partial charge in [-0.2, -0.15) is 0 Å². The molecule has 1 aliphatic rings. The molecule has 4 aromatic rings. The van der Waals surface area contributed by atoms with Crippen LogP contribution in [-0.4, -0.2) is 32.7 Å². The fourth-order valence-corrected chi connectivity index (χ4v) is 4.23. The molecule has 9 heteroatoms. The van der Waals surface area contributed by atoms with Crippen molar-refractivity contribution < 1.29 is 18.7 Å². The number of rotatable bonds is 7. The van der Waals surface area contributed by atoms with Crippen molar-refractivity contribution in [2.75, 3.05) is 12.1 Å². The maximum absolute atomic E-state index is 12.8. The van der Waals surface area contributed by atoms with Crippen molar-refractivity contribution in [3.8, 4) is 23.1 Å². The van der Waals surface area contributed by atoms with Gasteiger partial charge < -0.3 is 19.2 Å². The summed E-state index contributed by atoms with van der Waals surface area (Å²) < 4.78 is 18.5. The molecule has 0 saturated carbocycles. The van der Waals surface area contributed by atoms with Gasteiger partial charge in [-0.3, -0.25) is 9.36 Å². The number of benzene rings is 2. The summed E-state index contributed by atoms with van der Waals surface area (Å²) in [6.07, 6.45) is 1.76. The van der Waals surface area contributed by atoms with Crippen molar-refractivity contribution in [2.45, 2.75) is 23.9 Å². The molecule has 0 bridgehead atoms. The van der Waals surface area contributed by atoms with Gasteiger partial charge in [0.1, 0.15) is 5.58 Å². The van der Waals surface area contributed by atoms with E-state index in [-0.39, 0.29) is 12.7 Å². The number of carbonyl (C=O) groups is 1. The molecule has 1 unspecified atom stereocenters. The topological polar surface area (TPSA) is 91.4 Å². The van der Waals surface area contributed by atoms with Crippen LogP contribution in [0.5, 0.6) is 11.5 Å². The fourth-order valence-electron chi connectivity index (χ4n) is 3.37. The number of hydrogen-bond acceptors (Lipinski definition) is 7. The molecule has 3 heterocycles. The van der Waals surface area contributed by atoms with Crippen molar-refractivity contribution in [3.05, 3.63) is 61.2 Å². The van der Waals surface area contributed by atoms with Crippen LogP contribution in [0.2, 0.25) is 0 Å². The second-order valence-electron chi connectivity index (χ2n) is 7.17. The Kier molecular flexibility index (Phi) is 5.32. The van der Waals surface area contributed by atoms with Crippen LogP contribution in [0, 0.1) is 0 Å². The number of nitrogens with zero attached hydrogens (tertiary/aromatic N) is 3. The lowest BCUT2D eigenvalue weighted by molar-refractivity contribution is -0.115. The van der Waals surface area contributed by atoms with Crippen molar-refractivity contribution in [3.63, 3.8) is 0 Å². The number of allylic oxidation sites excluding steroid dienone is 1. The Morgan fingerprint density at radius 1 is 1.22 bits per heavy atom. The Morgan fingerprint density at radius 2 is 2.06 bits per heavy atom. The van der Waals surface area contributed by atoms with E-state index in [2.05, 4.69) is 22.1 Å². The molecular formula is C23H20N4O4S. The number of furan rings is 1. The number of fused-ring (bicyclic) bond motifs is 2. The number of anilines is 1. The Hall–Kier alpha value is -3.72. The molecule has 1 N–H and O–H groups in total. The standard InChI is InChI=1S/C23H20N4O4S/c1-3-10-27-21(20-11-15-6-4-5-7-17(15)31-20)25-26-23(27)32-14(2)22(28)24-16-8-9-18-19(12-16)30-13-29-18/h3-9,11-12,14H,1,10,13H2,2H3,(H,24,28). The first-order valence-corrected chi connectivity index (χ1v) is 10.9. The van der Waals surface area contributed by atoms with E-state index in [0.717, 1.165) is 11.0 Å². The van der Waals surface area contributed by atoms with Crippen molar-refractivity contribution in [1.82, 2.24) is 14.8 Å². The molecule has 162 valence electrons. The number of hydrogen-bond donors (Lipinski definition) is 1. The Balaban J connectivity index is 1.35. The number of thioether (sulfide) groups is 1.